The van der Waals surface area contributed by atoms with Gasteiger partial charge in [0.15, 0.2) is 0 Å². The lowest BCUT2D eigenvalue weighted by molar-refractivity contribution is -0.275. The first-order valence-electron chi connectivity index (χ1n) is 9.73. The highest BCUT2D eigenvalue weighted by Gasteiger charge is 2.62. The van der Waals surface area contributed by atoms with E-state index in [1.165, 1.54) is 6.07 Å². The van der Waals surface area contributed by atoms with Crippen LogP contribution in [0.15, 0.2) is 23.4 Å². The molecule has 2 heterocycles. The fourth-order valence-electron chi connectivity index (χ4n) is 3.18. The first kappa shape index (κ1) is 28.8. The number of carbonyl (C=O) groups is 1. The van der Waals surface area contributed by atoms with Crippen LogP contribution in [-0.4, -0.2) is 42.0 Å². The van der Waals surface area contributed by atoms with E-state index in [1.807, 2.05) is 0 Å². The molecule has 0 saturated carbocycles. The predicted octanol–water partition coefficient (Wildman–Crippen LogP) is 6.54. The Morgan fingerprint density at radius 2 is 1.75 bits per heavy atom. The highest BCUT2D eigenvalue weighted by Crippen LogP contribution is 2.51. The Kier molecular flexibility index (Phi) is 8.41. The number of hydrogen-bond acceptors (Lipinski definition) is 5. The van der Waals surface area contributed by atoms with Gasteiger partial charge in [0.1, 0.15) is 17.2 Å². The number of thiocarbonyl (C=S) groups is 1. The van der Waals surface area contributed by atoms with Gasteiger partial charge >= 0.3 is 12.4 Å². The molecule has 3 rings (SSSR count). The quantitative estimate of drug-likeness (QED) is 0.221. The van der Waals surface area contributed by atoms with Crippen molar-refractivity contribution < 1.29 is 36.0 Å². The standard InChI is InChI=1S/C20H14Cl3F6N3O2S2/c1-8-2-13(36-16(8)17(35)30-6-14(33)31-7-19(24,25)26)12-5-18(34-32-12,20(27,28)29)9-3-10(21)15(23)11(22)4-9/h2-4H,5-7H2,1H3,(H,30,35)(H,31,33)/t18-/m0/s1. The molecule has 0 bridgehead atoms. The summed E-state index contributed by atoms with van der Waals surface area (Å²) in [6.07, 6.45) is -10.2. The lowest BCUT2D eigenvalue weighted by Gasteiger charge is -2.29. The minimum absolute atomic E-state index is 0.0282. The van der Waals surface area contributed by atoms with Gasteiger partial charge in [-0.2, -0.15) is 26.3 Å². The van der Waals surface area contributed by atoms with Crippen LogP contribution in [0.3, 0.4) is 0 Å². The summed E-state index contributed by atoms with van der Waals surface area (Å²) in [5, 5.41) is 7.41. The normalized spacial score (nSPS) is 18.0. The minimum Gasteiger partial charge on any atom is -0.374 e. The van der Waals surface area contributed by atoms with Crippen LogP contribution in [0.4, 0.5) is 26.3 Å². The monoisotopic (exact) mass is 611 g/mol. The Morgan fingerprint density at radius 3 is 2.31 bits per heavy atom. The van der Waals surface area contributed by atoms with Crippen molar-refractivity contribution in [3.63, 3.8) is 0 Å². The number of nitrogens with one attached hydrogen (secondary N) is 2. The lowest BCUT2D eigenvalue weighted by atomic mass is 9.88. The number of thiophene rings is 1. The number of alkyl halides is 6. The number of benzene rings is 1. The molecule has 1 aliphatic heterocycles. The van der Waals surface area contributed by atoms with Crippen LogP contribution < -0.4 is 10.6 Å². The van der Waals surface area contributed by atoms with Crippen LogP contribution >= 0.6 is 58.4 Å². The maximum absolute atomic E-state index is 14.2. The first-order chi connectivity index (χ1) is 16.5. The number of oxime groups is 1. The molecular formula is C20H14Cl3F6N3O2S2. The smallest absolute Gasteiger partial charge is 0.374 e. The molecule has 0 fully saturated rings. The van der Waals surface area contributed by atoms with Gasteiger partial charge in [-0.3, -0.25) is 4.79 Å². The van der Waals surface area contributed by atoms with Gasteiger partial charge in [-0.05, 0) is 30.7 Å². The van der Waals surface area contributed by atoms with E-state index in [9.17, 15) is 31.1 Å². The van der Waals surface area contributed by atoms with Crippen molar-refractivity contribution in [1.82, 2.24) is 10.6 Å². The predicted molar refractivity (Wildman–Crippen MR) is 129 cm³/mol. The van der Waals surface area contributed by atoms with Gasteiger partial charge < -0.3 is 15.5 Å². The first-order valence-corrected chi connectivity index (χ1v) is 12.1. The molecule has 2 aromatic rings. The van der Waals surface area contributed by atoms with E-state index in [4.69, 9.17) is 51.9 Å². The van der Waals surface area contributed by atoms with Gasteiger partial charge in [0, 0.05) is 5.56 Å². The van der Waals surface area contributed by atoms with E-state index >= 15 is 0 Å². The van der Waals surface area contributed by atoms with E-state index < -0.39 is 43.4 Å². The Labute approximate surface area is 224 Å². The van der Waals surface area contributed by atoms with Gasteiger partial charge in [-0.15, -0.1) is 11.3 Å². The third-order valence-electron chi connectivity index (χ3n) is 4.94. The summed E-state index contributed by atoms with van der Waals surface area (Å²) in [5.74, 6) is -0.937. The Hall–Kier alpha value is -1.80. The molecule has 0 unspecified atom stereocenters. The van der Waals surface area contributed by atoms with Gasteiger partial charge in [0.2, 0.25) is 5.91 Å². The summed E-state index contributed by atoms with van der Waals surface area (Å²) in [6, 6.07) is 3.56. The zero-order chi connectivity index (χ0) is 27.1. The third-order valence-corrected chi connectivity index (χ3v) is 7.92. The Balaban J connectivity index is 1.78. The molecule has 0 spiro atoms. The molecular weight excluding hydrogens is 599 g/mol. The largest absolute Gasteiger partial charge is 0.435 e. The molecule has 16 heteroatoms. The van der Waals surface area contributed by atoms with Gasteiger partial charge in [0.05, 0.1) is 37.8 Å². The van der Waals surface area contributed by atoms with Crippen LogP contribution in [0, 0.1) is 6.92 Å². The molecule has 1 amide bonds. The second-order valence-corrected chi connectivity index (χ2v) is 10.2. The van der Waals surface area contributed by atoms with Crippen molar-refractivity contribution in [2.75, 3.05) is 13.1 Å². The molecule has 1 aromatic carbocycles. The zero-order valence-corrected chi connectivity index (χ0v) is 21.7. The SMILES string of the molecule is Cc1cc(C2=NO[C@@](c3cc(Cl)c(Cl)c(Cl)c3)(C(F)(F)F)C2)sc1C(=S)NCC(=O)NCC(F)(F)F. The molecule has 1 atom stereocenters. The number of amides is 1. The molecule has 1 aliphatic rings. The Morgan fingerprint density at radius 1 is 1.14 bits per heavy atom. The molecule has 0 saturated heterocycles. The fraction of sp³-hybridized carbons (Fsp3) is 0.350. The van der Waals surface area contributed by atoms with Crippen molar-refractivity contribution in [2.45, 2.75) is 31.3 Å². The number of carbonyl (C=O) groups excluding carboxylic acids is 1. The van der Waals surface area contributed by atoms with Crippen molar-refractivity contribution in [1.29, 1.82) is 0 Å². The lowest BCUT2D eigenvalue weighted by Crippen LogP contribution is -2.42. The molecule has 0 aliphatic carbocycles. The number of rotatable bonds is 6. The summed E-state index contributed by atoms with van der Waals surface area (Å²) in [6.45, 7) is -0.395. The van der Waals surface area contributed by atoms with Gasteiger partial charge in [-0.1, -0.05) is 52.2 Å². The minimum atomic E-state index is -4.91. The molecule has 2 N–H and O–H groups in total. The van der Waals surface area contributed by atoms with Crippen LogP contribution in [0.5, 0.6) is 0 Å². The van der Waals surface area contributed by atoms with Crippen molar-refractivity contribution in [3.05, 3.63) is 54.1 Å². The number of halogens is 9. The molecule has 0 radical (unpaired) electrons. The summed E-state index contributed by atoms with van der Waals surface area (Å²) in [4.78, 5) is 17.3. The van der Waals surface area contributed by atoms with Crippen LogP contribution in [-0.2, 0) is 15.2 Å². The number of aryl methyl sites for hydroxylation is 1. The van der Waals surface area contributed by atoms with E-state index in [0.29, 0.717) is 15.3 Å². The maximum atomic E-state index is 14.2. The summed E-state index contributed by atoms with van der Waals surface area (Å²) in [5.41, 5.74) is -2.73. The van der Waals surface area contributed by atoms with E-state index in [2.05, 4.69) is 10.5 Å². The van der Waals surface area contributed by atoms with Crippen molar-refractivity contribution in [2.24, 2.45) is 5.16 Å². The molecule has 5 nitrogen and oxygen atoms in total. The molecule has 196 valence electrons. The Bertz CT molecular complexity index is 1210. The number of nitrogens with zero attached hydrogens (tertiary/aromatic N) is 1. The molecule has 36 heavy (non-hydrogen) atoms. The van der Waals surface area contributed by atoms with E-state index in [1.54, 1.807) is 12.2 Å². The third kappa shape index (κ3) is 6.18. The van der Waals surface area contributed by atoms with Crippen molar-refractivity contribution in [3.8, 4) is 0 Å². The van der Waals surface area contributed by atoms with E-state index in [0.717, 1.165) is 23.5 Å². The van der Waals surface area contributed by atoms with Crippen LogP contribution in [0.1, 0.15) is 27.3 Å². The molecule has 1 aromatic heterocycles. The second-order valence-electron chi connectivity index (χ2n) is 7.58. The van der Waals surface area contributed by atoms with Gasteiger partial charge in [0.25, 0.3) is 5.60 Å². The fourth-order valence-corrected chi connectivity index (χ4v) is 5.20. The second kappa shape index (κ2) is 10.5. The summed E-state index contributed by atoms with van der Waals surface area (Å²) >= 11 is 23.9. The maximum Gasteiger partial charge on any atom is 0.435 e. The highest BCUT2D eigenvalue weighted by molar-refractivity contribution is 7.81. The topological polar surface area (TPSA) is 62.7 Å². The number of hydrogen-bond donors (Lipinski definition) is 2. The zero-order valence-electron chi connectivity index (χ0n) is 17.8. The van der Waals surface area contributed by atoms with E-state index in [-0.39, 0.29) is 31.3 Å². The van der Waals surface area contributed by atoms with Crippen LogP contribution in [0.2, 0.25) is 15.1 Å². The van der Waals surface area contributed by atoms with Crippen molar-refractivity contribution >= 4 is 75.0 Å². The summed E-state index contributed by atoms with van der Waals surface area (Å²) in [7, 11) is 0. The average Bonchev–Trinajstić information content (AvgIpc) is 3.38. The van der Waals surface area contributed by atoms with Gasteiger partial charge in [-0.25, -0.2) is 0 Å². The summed E-state index contributed by atoms with van der Waals surface area (Å²) < 4.78 is 79.3. The highest BCUT2D eigenvalue weighted by atomic mass is 35.5. The van der Waals surface area contributed by atoms with Crippen LogP contribution in [0.25, 0.3) is 0 Å². The average molecular weight is 613 g/mol.